The summed E-state index contributed by atoms with van der Waals surface area (Å²) in [7, 11) is 0. The van der Waals surface area contributed by atoms with Gasteiger partial charge in [-0.15, -0.1) is 0 Å². The van der Waals surface area contributed by atoms with Gasteiger partial charge in [-0.2, -0.15) is 0 Å². The van der Waals surface area contributed by atoms with Gasteiger partial charge in [-0.25, -0.2) is 39.9 Å². The van der Waals surface area contributed by atoms with Crippen LogP contribution in [0.2, 0.25) is 0 Å². The van der Waals surface area contributed by atoms with Gasteiger partial charge in [0, 0.05) is 115 Å². The molecule has 0 radical (unpaired) electrons. The van der Waals surface area contributed by atoms with E-state index >= 15 is 0 Å². The largest absolute Gasteiger partial charge is 0.508 e. The maximum absolute atomic E-state index is 9.77. The van der Waals surface area contributed by atoms with Crippen LogP contribution in [0.1, 0.15) is 198 Å². The van der Waals surface area contributed by atoms with Gasteiger partial charge in [0.05, 0.1) is 81.0 Å². The maximum Gasteiger partial charge on any atom is 0.159 e. The van der Waals surface area contributed by atoms with E-state index in [1.807, 2.05) is 72.8 Å². The number of phenolic OH excluding ortho intramolecular Hbond substituents is 2. The first-order valence-electron chi connectivity index (χ1n) is 45.1. The molecule has 20 rings (SSSR count). The first kappa shape index (κ1) is 86.9. The van der Waals surface area contributed by atoms with Gasteiger partial charge in [-0.05, 0) is 130 Å². The maximum atomic E-state index is 9.77. The molecule has 0 aliphatic heterocycles. The molecule has 0 bridgehead atoms. The lowest BCUT2D eigenvalue weighted by Crippen LogP contribution is -2.04. The highest BCUT2D eigenvalue weighted by molar-refractivity contribution is 5.68. The summed E-state index contributed by atoms with van der Waals surface area (Å²) in [5.41, 5.74) is 34.7. The van der Waals surface area contributed by atoms with Crippen LogP contribution in [0.15, 0.2) is 363 Å². The summed E-state index contributed by atoms with van der Waals surface area (Å²) in [4.78, 5) is 40.8. The van der Waals surface area contributed by atoms with Crippen molar-refractivity contribution >= 4 is 22.6 Å². The molecule has 0 spiro atoms. The molecule has 11 aromatic carbocycles. The number of phenols is 2. The van der Waals surface area contributed by atoms with Gasteiger partial charge >= 0.3 is 0 Å². The van der Waals surface area contributed by atoms with Gasteiger partial charge in [0.1, 0.15) is 17.3 Å². The summed E-state index contributed by atoms with van der Waals surface area (Å²) in [6, 6.07) is 111. The van der Waals surface area contributed by atoms with E-state index in [0.29, 0.717) is 42.9 Å². The van der Waals surface area contributed by atoms with E-state index in [0.717, 1.165) is 151 Å². The number of nitrogens with zero attached hydrogens (tertiary/aromatic N) is 12. The minimum Gasteiger partial charge on any atom is -0.508 e. The highest BCUT2D eigenvalue weighted by atomic mass is 16.3. The summed E-state index contributed by atoms with van der Waals surface area (Å²) < 4.78 is 14.6. The molecule has 0 aliphatic rings. The van der Waals surface area contributed by atoms with E-state index in [1.165, 1.54) is 67.3 Å². The van der Waals surface area contributed by atoms with Gasteiger partial charge < -0.3 is 14.6 Å². The van der Waals surface area contributed by atoms with E-state index in [-0.39, 0.29) is 11.5 Å². The lowest BCUT2D eigenvalue weighted by molar-refractivity contribution is 0.475. The normalized spacial score (nSPS) is 11.4. The van der Waals surface area contributed by atoms with E-state index in [2.05, 4.69) is 335 Å². The summed E-state index contributed by atoms with van der Waals surface area (Å²) in [5.74, 6) is 2.69. The summed E-state index contributed by atoms with van der Waals surface area (Å²) >= 11 is 0. The number of rotatable bonds is 24. The molecular weight excluding hydrogens is 1600 g/mol. The Bertz CT molecular complexity index is 7120. The number of aromatic nitrogens is 12. The molecule has 0 fully saturated rings. The first-order chi connectivity index (χ1) is 63.4. The number of hydrogen-bond donors (Lipinski definition) is 2. The second-order valence-electron chi connectivity index (χ2n) is 34.7. The van der Waals surface area contributed by atoms with E-state index < -0.39 is 0 Å². The van der Waals surface area contributed by atoms with Crippen LogP contribution in [0.4, 0.5) is 0 Å². The van der Waals surface area contributed by atoms with Crippen LogP contribution in [-0.2, 0) is 51.4 Å². The van der Waals surface area contributed by atoms with Crippen LogP contribution in [0.25, 0.3) is 67.6 Å². The Hall–Kier alpha value is -15.2. The molecule has 646 valence electrons. The van der Waals surface area contributed by atoms with E-state index in [9.17, 15) is 10.2 Å². The monoisotopic (exact) mass is 1700 g/mol. The van der Waals surface area contributed by atoms with Crippen LogP contribution < -0.4 is 0 Å². The van der Waals surface area contributed by atoms with Gasteiger partial charge in [0.15, 0.2) is 22.6 Å². The summed E-state index contributed by atoms with van der Waals surface area (Å²) in [5, 5.41) is 19.5. The standard InChI is InChI=1S/C30H29N3O.C29H27N3O.C29H27N3.C27H25N3O/c1-20(2)29-26(17-23-11-9-21(3)10-12-23)32-30-27(18-22-7-5-4-6-8-22)31-28(19-33(29)30)24-13-15-25(34)16-14-24;1-20(2)28-25(17-21-9-5-3-6-10-21)31-29-26(18-22-11-7-4-8-12-22)30-27(19-32(28)29)23-13-15-24(33)16-14-23;1-21(2)28-25(18-22-12-6-3-7-13-22)31-29-26(19-23-14-8-4-9-15-23)30-27(20-32(28)29)24-16-10-5-11-17-24;1-19(2)26-23(17-22-14-9-15-31-22)29-27-24(16-20-10-5-3-6-11-20)28-25(18-30(26)27)21-12-7-4-8-13-21/h4-16,19-20,34H,17-18H2,1-3H3;3-16,19-20,33H,17-18H2,1-2H3;3-17,20-21H,18-19H2,1-2H3;3-15,18-19H,16-17H2,1-2H3. The van der Waals surface area contributed by atoms with Crippen LogP contribution in [-0.4, -0.2) is 67.7 Å². The van der Waals surface area contributed by atoms with E-state index in [4.69, 9.17) is 44.3 Å². The van der Waals surface area contributed by atoms with Crippen LogP contribution in [0.3, 0.4) is 0 Å². The second-order valence-corrected chi connectivity index (χ2v) is 34.7. The molecule has 15 heteroatoms. The Balaban J connectivity index is 0.000000122. The number of aromatic hydroxyl groups is 2. The van der Waals surface area contributed by atoms with Gasteiger partial charge in [0.2, 0.25) is 0 Å². The van der Waals surface area contributed by atoms with Crippen molar-refractivity contribution in [3.05, 3.63) is 477 Å². The third-order valence-corrected chi connectivity index (χ3v) is 23.5. The Morgan fingerprint density at radius 3 is 0.692 bits per heavy atom. The minimum absolute atomic E-state index is 0.250. The zero-order chi connectivity index (χ0) is 89.6. The smallest absolute Gasteiger partial charge is 0.159 e. The first-order valence-corrected chi connectivity index (χ1v) is 45.1. The zero-order valence-electron chi connectivity index (χ0n) is 75.2. The van der Waals surface area contributed by atoms with Crippen molar-refractivity contribution in [2.75, 3.05) is 0 Å². The molecule has 0 saturated carbocycles. The Morgan fingerprint density at radius 1 is 0.231 bits per heavy atom. The van der Waals surface area contributed by atoms with Crippen molar-refractivity contribution < 1.29 is 14.6 Å². The number of aryl methyl sites for hydroxylation is 1. The van der Waals surface area contributed by atoms with Crippen molar-refractivity contribution in [3.63, 3.8) is 0 Å². The lowest BCUT2D eigenvalue weighted by Gasteiger charge is -2.12. The van der Waals surface area contributed by atoms with Gasteiger partial charge in [-0.3, -0.25) is 17.6 Å². The second kappa shape index (κ2) is 40.2. The molecule has 20 aromatic rings. The fourth-order valence-corrected chi connectivity index (χ4v) is 17.4. The Kier molecular flexibility index (Phi) is 26.9. The number of benzene rings is 11. The molecule has 0 amide bonds. The number of imidazole rings is 4. The molecule has 9 heterocycles. The Morgan fingerprint density at radius 2 is 0.454 bits per heavy atom. The highest BCUT2D eigenvalue weighted by Gasteiger charge is 2.27. The van der Waals surface area contributed by atoms with Crippen LogP contribution in [0, 0.1) is 6.92 Å². The van der Waals surface area contributed by atoms with Crippen molar-refractivity contribution in [3.8, 4) is 56.5 Å². The Labute approximate surface area is 761 Å². The molecule has 9 aromatic heterocycles. The molecule has 0 unspecified atom stereocenters. The third kappa shape index (κ3) is 20.6. The average Bonchev–Trinajstić information content (AvgIpc) is 1.57. The van der Waals surface area contributed by atoms with E-state index in [1.54, 1.807) is 30.5 Å². The molecular formula is C115H108N12O3. The quantitative estimate of drug-likeness (QED) is 0.0589. The lowest BCUT2D eigenvalue weighted by atomic mass is 10.0. The number of fused-ring (bicyclic) bond motifs is 4. The number of furan rings is 1. The van der Waals surface area contributed by atoms with Crippen LogP contribution in [0.5, 0.6) is 11.5 Å². The summed E-state index contributed by atoms with van der Waals surface area (Å²) in [6.45, 7) is 19.9. The number of hydrogen-bond acceptors (Lipinski definition) is 11. The fourth-order valence-electron chi connectivity index (χ4n) is 17.4. The van der Waals surface area contributed by atoms with Gasteiger partial charge in [0.25, 0.3) is 0 Å². The molecule has 130 heavy (non-hydrogen) atoms. The third-order valence-electron chi connectivity index (χ3n) is 23.5. The molecule has 0 aliphatic carbocycles. The molecule has 0 saturated heterocycles. The summed E-state index contributed by atoms with van der Waals surface area (Å²) in [6.07, 6.45) is 16.2. The molecule has 0 atom stereocenters. The van der Waals surface area contributed by atoms with Gasteiger partial charge in [-0.1, -0.05) is 328 Å². The molecule has 2 N–H and O–H groups in total. The molecule has 15 nitrogen and oxygen atoms in total. The SMILES string of the molecule is CC(C)c1c(Cc2ccccc2)nc2c(Cc3ccccc3)nc(-c3ccc(O)cc3)cn12.CC(C)c1c(Cc2ccccc2)nc2c(Cc3ccccc3)nc(-c3ccccc3)cn12.CC(C)c1c(Cc2ccco2)nc2c(Cc3ccccc3)nc(-c3ccccc3)cn12.Cc1ccc(Cc2nc3c(Cc4ccccc4)nc(-c4ccc(O)cc4)cn3c2C(C)C)cc1. The fraction of sp³-hybridized carbons (Fsp3) is 0.183. The van der Waals surface area contributed by atoms with Crippen molar-refractivity contribution in [1.29, 1.82) is 0 Å². The predicted molar refractivity (Wildman–Crippen MR) is 524 cm³/mol. The highest BCUT2D eigenvalue weighted by Crippen LogP contribution is 2.36. The van der Waals surface area contributed by atoms with Crippen molar-refractivity contribution in [1.82, 2.24) is 57.5 Å². The zero-order valence-corrected chi connectivity index (χ0v) is 75.2. The van der Waals surface area contributed by atoms with Crippen molar-refractivity contribution in [2.24, 2.45) is 0 Å². The topological polar surface area (TPSA) is 174 Å². The van der Waals surface area contributed by atoms with Crippen LogP contribution >= 0.6 is 0 Å². The minimum atomic E-state index is 0.250. The van der Waals surface area contributed by atoms with Crippen molar-refractivity contribution in [2.45, 2.75) is 137 Å². The predicted octanol–water partition coefficient (Wildman–Crippen LogP) is 26.1. The average molecular weight is 1710 g/mol.